The monoisotopic (exact) mass is 108 g/mol. The summed E-state index contributed by atoms with van der Waals surface area (Å²) in [5, 5.41) is 8.88. The molecule has 0 aromatic rings. The highest BCUT2D eigenvalue weighted by molar-refractivity contribution is 5.25. The van der Waals surface area contributed by atoms with Crippen LogP contribution in [-0.4, -0.2) is 10.7 Å². The Labute approximate surface area is 49.7 Å². The molecule has 0 aromatic heterocycles. The van der Waals surface area contributed by atoms with Crippen molar-refractivity contribution < 1.29 is 5.11 Å². The van der Waals surface area contributed by atoms with Crippen molar-refractivity contribution in [3.63, 3.8) is 0 Å². The maximum atomic E-state index is 8.88. The first kappa shape index (κ1) is 7.08. The van der Waals surface area contributed by atoms with Gasteiger partial charge in [-0.25, -0.2) is 0 Å². The number of terminal acetylenes is 1. The van der Waals surface area contributed by atoms with Crippen molar-refractivity contribution in [1.82, 2.24) is 0 Å². The van der Waals surface area contributed by atoms with E-state index in [1.54, 1.807) is 13.8 Å². The second-order valence-corrected chi connectivity index (χ2v) is 1.95. The summed E-state index contributed by atoms with van der Waals surface area (Å²) in [6, 6.07) is 0. The van der Waals surface area contributed by atoms with Gasteiger partial charge in [-0.2, -0.15) is 0 Å². The molecule has 1 nitrogen and oxygen atoms in total. The summed E-state index contributed by atoms with van der Waals surface area (Å²) in [5.41, 5.74) is -0.952. The molecule has 0 aromatic carbocycles. The molecule has 0 unspecified atom stereocenters. The van der Waals surface area contributed by atoms with Crippen LogP contribution in [0.1, 0.15) is 13.8 Å². The maximum Gasteiger partial charge on any atom is 0.120 e. The van der Waals surface area contributed by atoms with E-state index in [-0.39, 0.29) is 0 Å². The maximum absolute atomic E-state index is 8.88. The molecule has 0 aliphatic carbocycles. The zero-order chi connectivity index (χ0) is 6.62. The van der Waals surface area contributed by atoms with E-state index < -0.39 is 5.60 Å². The van der Waals surface area contributed by atoms with Gasteiger partial charge in [-0.1, -0.05) is 5.92 Å². The third-order valence-corrected chi connectivity index (χ3v) is 0.441. The molecular formula is C7H8O. The van der Waals surface area contributed by atoms with E-state index in [4.69, 9.17) is 11.5 Å². The molecule has 0 spiro atoms. The van der Waals surface area contributed by atoms with E-state index in [0.717, 1.165) is 0 Å². The highest BCUT2D eigenvalue weighted by Gasteiger charge is 2.04. The number of hydrogen-bond acceptors (Lipinski definition) is 1. The van der Waals surface area contributed by atoms with E-state index in [1.807, 2.05) is 0 Å². The number of rotatable bonds is 0. The highest BCUT2D eigenvalue weighted by atomic mass is 16.3. The Hall–Kier alpha value is -0.920. The molecule has 0 radical (unpaired) electrons. The lowest BCUT2D eigenvalue weighted by Crippen LogP contribution is -2.14. The van der Waals surface area contributed by atoms with Gasteiger partial charge in [0.2, 0.25) is 0 Å². The molecule has 42 valence electrons. The van der Waals surface area contributed by atoms with Crippen LogP contribution in [0.25, 0.3) is 0 Å². The average molecular weight is 108 g/mol. The second-order valence-electron chi connectivity index (χ2n) is 1.95. The predicted molar refractivity (Wildman–Crippen MR) is 32.9 cm³/mol. The lowest BCUT2D eigenvalue weighted by molar-refractivity contribution is 0.143. The normalized spacial score (nSPS) is 8.75. The van der Waals surface area contributed by atoms with E-state index >= 15 is 0 Å². The SMILES string of the molecule is C#CC#CC(C)(C)O. The van der Waals surface area contributed by atoms with Crippen molar-refractivity contribution in [3.05, 3.63) is 0 Å². The summed E-state index contributed by atoms with van der Waals surface area (Å²) in [5.74, 6) is 6.86. The molecular weight excluding hydrogens is 100 g/mol. The first-order chi connectivity index (χ1) is 3.56. The van der Waals surface area contributed by atoms with Crippen LogP contribution in [0.4, 0.5) is 0 Å². The molecule has 0 saturated carbocycles. The van der Waals surface area contributed by atoms with Gasteiger partial charge in [-0.05, 0) is 25.7 Å². The summed E-state index contributed by atoms with van der Waals surface area (Å²) < 4.78 is 0. The summed E-state index contributed by atoms with van der Waals surface area (Å²) in [4.78, 5) is 0. The zero-order valence-corrected chi connectivity index (χ0v) is 5.02. The van der Waals surface area contributed by atoms with E-state index in [1.165, 1.54) is 0 Å². The molecule has 1 N–H and O–H groups in total. The van der Waals surface area contributed by atoms with Gasteiger partial charge in [0.15, 0.2) is 0 Å². The molecule has 0 aliphatic heterocycles. The van der Waals surface area contributed by atoms with Gasteiger partial charge >= 0.3 is 0 Å². The lowest BCUT2D eigenvalue weighted by atomic mass is 10.1. The Morgan fingerprint density at radius 1 is 1.50 bits per heavy atom. The third kappa shape index (κ3) is 5.08. The molecule has 0 amide bonds. The Balaban J connectivity index is 3.93. The number of hydrogen-bond donors (Lipinski definition) is 1. The topological polar surface area (TPSA) is 20.2 Å². The molecule has 0 rings (SSSR count). The predicted octanol–water partition coefficient (Wildman–Crippen LogP) is 0.394. The lowest BCUT2D eigenvalue weighted by Gasteiger charge is -2.04. The van der Waals surface area contributed by atoms with Gasteiger partial charge in [0.1, 0.15) is 5.60 Å². The Morgan fingerprint density at radius 2 is 2.00 bits per heavy atom. The standard InChI is InChI=1S/C7H8O/c1-4-5-6-7(2,3)8/h1,8H,2-3H3. The van der Waals surface area contributed by atoms with Gasteiger partial charge in [0.25, 0.3) is 0 Å². The molecule has 0 fully saturated rings. The van der Waals surface area contributed by atoms with Crippen LogP contribution < -0.4 is 0 Å². The van der Waals surface area contributed by atoms with Crippen molar-refractivity contribution in [1.29, 1.82) is 0 Å². The van der Waals surface area contributed by atoms with Crippen molar-refractivity contribution >= 4 is 0 Å². The fourth-order valence-electron chi connectivity index (χ4n) is 0.189. The van der Waals surface area contributed by atoms with Crippen LogP contribution in [0, 0.1) is 24.2 Å². The highest BCUT2D eigenvalue weighted by Crippen LogP contribution is 1.95. The first-order valence-corrected chi connectivity index (χ1v) is 2.26. The van der Waals surface area contributed by atoms with Crippen LogP contribution in [-0.2, 0) is 0 Å². The van der Waals surface area contributed by atoms with Crippen LogP contribution in [0.15, 0.2) is 0 Å². The Morgan fingerprint density at radius 3 is 2.12 bits per heavy atom. The zero-order valence-electron chi connectivity index (χ0n) is 5.02. The van der Waals surface area contributed by atoms with Crippen LogP contribution in [0.3, 0.4) is 0 Å². The fourth-order valence-corrected chi connectivity index (χ4v) is 0.189. The molecule has 0 heterocycles. The van der Waals surface area contributed by atoms with Crippen LogP contribution >= 0.6 is 0 Å². The van der Waals surface area contributed by atoms with E-state index in [2.05, 4.69) is 17.8 Å². The van der Waals surface area contributed by atoms with Gasteiger partial charge < -0.3 is 5.11 Å². The molecule has 0 atom stereocenters. The van der Waals surface area contributed by atoms with Crippen molar-refractivity contribution in [2.45, 2.75) is 19.4 Å². The van der Waals surface area contributed by atoms with Crippen molar-refractivity contribution in [2.75, 3.05) is 0 Å². The van der Waals surface area contributed by atoms with Gasteiger partial charge in [0.05, 0.1) is 0 Å². The van der Waals surface area contributed by atoms with Crippen LogP contribution in [0.2, 0.25) is 0 Å². The number of aliphatic hydroxyl groups is 1. The summed E-state index contributed by atoms with van der Waals surface area (Å²) in [7, 11) is 0. The molecule has 1 heteroatoms. The fraction of sp³-hybridized carbons (Fsp3) is 0.429. The summed E-state index contributed by atoms with van der Waals surface area (Å²) in [6.07, 6.45) is 4.80. The van der Waals surface area contributed by atoms with E-state index in [9.17, 15) is 0 Å². The minimum atomic E-state index is -0.952. The smallest absolute Gasteiger partial charge is 0.120 e. The van der Waals surface area contributed by atoms with Gasteiger partial charge in [0, 0.05) is 0 Å². The second kappa shape index (κ2) is 2.40. The van der Waals surface area contributed by atoms with Crippen molar-refractivity contribution in [2.24, 2.45) is 0 Å². The molecule has 0 aliphatic rings. The largest absolute Gasteiger partial charge is 0.378 e. The van der Waals surface area contributed by atoms with Crippen LogP contribution in [0.5, 0.6) is 0 Å². The molecule has 0 bridgehead atoms. The summed E-state index contributed by atoms with van der Waals surface area (Å²) in [6.45, 7) is 3.16. The minimum Gasteiger partial charge on any atom is -0.378 e. The van der Waals surface area contributed by atoms with Gasteiger partial charge in [-0.3, -0.25) is 0 Å². The van der Waals surface area contributed by atoms with Crippen molar-refractivity contribution in [3.8, 4) is 24.2 Å². The minimum absolute atomic E-state index is 0.952. The quantitative estimate of drug-likeness (QED) is 0.445. The van der Waals surface area contributed by atoms with Gasteiger partial charge in [-0.15, -0.1) is 6.42 Å². The first-order valence-electron chi connectivity index (χ1n) is 2.26. The Bertz CT molecular complexity index is 156. The Kier molecular flexibility index (Phi) is 2.13. The molecule has 0 saturated heterocycles. The molecule has 8 heavy (non-hydrogen) atoms. The average Bonchev–Trinajstić information content (AvgIpc) is 1.59. The summed E-state index contributed by atoms with van der Waals surface area (Å²) >= 11 is 0. The van der Waals surface area contributed by atoms with E-state index in [0.29, 0.717) is 0 Å². The third-order valence-electron chi connectivity index (χ3n) is 0.441.